The van der Waals surface area contributed by atoms with Crippen molar-refractivity contribution in [2.24, 2.45) is 5.92 Å². The molecule has 1 nitrogen and oxygen atoms in total. The summed E-state index contributed by atoms with van der Waals surface area (Å²) in [5.74, 6) is 2.43. The van der Waals surface area contributed by atoms with E-state index in [1.165, 1.54) is 11.1 Å². The van der Waals surface area contributed by atoms with Crippen molar-refractivity contribution in [1.82, 2.24) is 0 Å². The standard InChI is InChI=1S/C16H26OS/c1-6-13(11-18)10-17-15-8-7-12(2)9-14(15)16(3,4)5/h7-9,13,18H,6,10-11H2,1-5H3. The summed E-state index contributed by atoms with van der Waals surface area (Å²) in [6.07, 6.45) is 1.11. The van der Waals surface area contributed by atoms with E-state index in [1.807, 2.05) is 0 Å². The maximum atomic E-state index is 6.01. The highest BCUT2D eigenvalue weighted by Gasteiger charge is 2.19. The van der Waals surface area contributed by atoms with Gasteiger partial charge in [-0.2, -0.15) is 12.6 Å². The first-order valence-electron chi connectivity index (χ1n) is 6.73. The van der Waals surface area contributed by atoms with Crippen molar-refractivity contribution in [2.45, 2.75) is 46.5 Å². The lowest BCUT2D eigenvalue weighted by molar-refractivity contribution is 0.254. The van der Waals surface area contributed by atoms with Crippen LogP contribution >= 0.6 is 12.6 Å². The Morgan fingerprint density at radius 1 is 1.28 bits per heavy atom. The molecule has 0 amide bonds. The maximum absolute atomic E-state index is 6.01. The molecule has 0 aliphatic heterocycles. The molecule has 1 atom stereocenters. The average molecular weight is 266 g/mol. The first-order valence-corrected chi connectivity index (χ1v) is 7.36. The summed E-state index contributed by atoms with van der Waals surface area (Å²) in [5, 5.41) is 0. The number of benzene rings is 1. The number of hydrogen-bond acceptors (Lipinski definition) is 2. The molecule has 2 heteroatoms. The fraction of sp³-hybridized carbons (Fsp3) is 0.625. The predicted molar refractivity (Wildman–Crippen MR) is 83.0 cm³/mol. The summed E-state index contributed by atoms with van der Waals surface area (Å²) in [6.45, 7) is 11.7. The largest absolute Gasteiger partial charge is 0.493 e. The number of ether oxygens (including phenoxy) is 1. The van der Waals surface area contributed by atoms with Gasteiger partial charge in [0.2, 0.25) is 0 Å². The van der Waals surface area contributed by atoms with Crippen LogP contribution in [-0.4, -0.2) is 12.4 Å². The van der Waals surface area contributed by atoms with E-state index >= 15 is 0 Å². The molecule has 0 saturated heterocycles. The molecule has 0 radical (unpaired) electrons. The molecule has 0 saturated carbocycles. The second-order valence-corrected chi connectivity index (χ2v) is 6.38. The second kappa shape index (κ2) is 6.51. The van der Waals surface area contributed by atoms with E-state index in [2.05, 4.69) is 65.4 Å². The van der Waals surface area contributed by atoms with Gasteiger partial charge in [0.1, 0.15) is 5.75 Å². The van der Waals surface area contributed by atoms with Crippen LogP contribution in [0.1, 0.15) is 45.2 Å². The topological polar surface area (TPSA) is 9.23 Å². The quantitative estimate of drug-likeness (QED) is 0.765. The van der Waals surface area contributed by atoms with Crippen molar-refractivity contribution in [3.05, 3.63) is 29.3 Å². The minimum atomic E-state index is 0.115. The van der Waals surface area contributed by atoms with Crippen molar-refractivity contribution in [3.63, 3.8) is 0 Å². The lowest BCUT2D eigenvalue weighted by atomic mass is 9.85. The predicted octanol–water partition coefficient (Wildman–Crippen LogP) is 4.63. The molecule has 0 N–H and O–H groups in total. The highest BCUT2D eigenvalue weighted by Crippen LogP contribution is 2.32. The Kier molecular flexibility index (Phi) is 5.58. The van der Waals surface area contributed by atoms with Crippen molar-refractivity contribution in [3.8, 4) is 5.75 Å². The Morgan fingerprint density at radius 2 is 1.94 bits per heavy atom. The van der Waals surface area contributed by atoms with E-state index in [4.69, 9.17) is 4.74 Å². The van der Waals surface area contributed by atoms with Crippen LogP contribution in [0.3, 0.4) is 0 Å². The van der Waals surface area contributed by atoms with E-state index in [-0.39, 0.29) is 5.41 Å². The summed E-state index contributed by atoms with van der Waals surface area (Å²) in [6, 6.07) is 6.45. The van der Waals surface area contributed by atoms with Gasteiger partial charge in [0, 0.05) is 5.92 Å². The van der Waals surface area contributed by atoms with Crippen LogP contribution in [0.25, 0.3) is 0 Å². The van der Waals surface area contributed by atoms with Gasteiger partial charge in [-0.3, -0.25) is 0 Å². The van der Waals surface area contributed by atoms with Crippen LogP contribution in [0.4, 0.5) is 0 Å². The lowest BCUT2D eigenvalue weighted by Crippen LogP contribution is -2.17. The number of aryl methyl sites for hydroxylation is 1. The summed E-state index contributed by atoms with van der Waals surface area (Å²) in [5.41, 5.74) is 2.69. The molecule has 0 aliphatic rings. The Hall–Kier alpha value is -0.630. The Balaban J connectivity index is 2.88. The fourth-order valence-electron chi connectivity index (χ4n) is 1.86. The highest BCUT2D eigenvalue weighted by molar-refractivity contribution is 7.80. The van der Waals surface area contributed by atoms with Crippen LogP contribution < -0.4 is 4.74 Å². The Morgan fingerprint density at radius 3 is 2.44 bits per heavy atom. The minimum absolute atomic E-state index is 0.115. The maximum Gasteiger partial charge on any atom is 0.123 e. The summed E-state index contributed by atoms with van der Waals surface area (Å²) in [4.78, 5) is 0. The van der Waals surface area contributed by atoms with Crippen LogP contribution in [0.15, 0.2) is 18.2 Å². The molecule has 0 aromatic heterocycles. The molecule has 1 unspecified atom stereocenters. The van der Waals surface area contributed by atoms with Gasteiger partial charge < -0.3 is 4.74 Å². The lowest BCUT2D eigenvalue weighted by Gasteiger charge is -2.24. The van der Waals surface area contributed by atoms with E-state index < -0.39 is 0 Å². The number of thiol groups is 1. The summed E-state index contributed by atoms with van der Waals surface area (Å²) in [7, 11) is 0. The highest BCUT2D eigenvalue weighted by atomic mass is 32.1. The van der Waals surface area contributed by atoms with Gasteiger partial charge in [0.15, 0.2) is 0 Å². The molecule has 1 aromatic carbocycles. The van der Waals surface area contributed by atoms with Crippen LogP contribution in [0, 0.1) is 12.8 Å². The molecule has 1 aromatic rings. The van der Waals surface area contributed by atoms with E-state index in [0.29, 0.717) is 5.92 Å². The van der Waals surface area contributed by atoms with E-state index in [9.17, 15) is 0 Å². The van der Waals surface area contributed by atoms with Gasteiger partial charge >= 0.3 is 0 Å². The summed E-state index contributed by atoms with van der Waals surface area (Å²) < 4.78 is 6.01. The first kappa shape index (κ1) is 15.4. The monoisotopic (exact) mass is 266 g/mol. The molecule has 0 fully saturated rings. The molecule has 0 aliphatic carbocycles. The van der Waals surface area contributed by atoms with Crippen LogP contribution in [0.5, 0.6) is 5.75 Å². The van der Waals surface area contributed by atoms with Gasteiger partial charge in [-0.25, -0.2) is 0 Å². The molecule has 0 bridgehead atoms. The third-order valence-electron chi connectivity index (χ3n) is 3.25. The fourth-order valence-corrected chi connectivity index (χ4v) is 2.23. The molecule has 102 valence electrons. The molecular formula is C16H26OS. The van der Waals surface area contributed by atoms with Gasteiger partial charge in [-0.15, -0.1) is 0 Å². The SMILES string of the molecule is CCC(CS)COc1ccc(C)cc1C(C)(C)C. The van der Waals surface area contributed by atoms with Gasteiger partial charge in [0.25, 0.3) is 0 Å². The zero-order chi connectivity index (χ0) is 13.8. The molecule has 18 heavy (non-hydrogen) atoms. The Bertz CT molecular complexity index is 375. The zero-order valence-electron chi connectivity index (χ0n) is 12.3. The second-order valence-electron chi connectivity index (χ2n) is 6.02. The number of rotatable bonds is 5. The molecular weight excluding hydrogens is 240 g/mol. The van der Waals surface area contributed by atoms with Gasteiger partial charge in [0.05, 0.1) is 6.61 Å². The Labute approximate surface area is 117 Å². The van der Waals surface area contributed by atoms with Crippen molar-refractivity contribution in [2.75, 3.05) is 12.4 Å². The smallest absolute Gasteiger partial charge is 0.123 e. The third kappa shape index (κ3) is 4.24. The van der Waals surface area contributed by atoms with Crippen molar-refractivity contribution < 1.29 is 4.74 Å². The van der Waals surface area contributed by atoms with Gasteiger partial charge in [-0.1, -0.05) is 45.4 Å². The summed E-state index contributed by atoms with van der Waals surface area (Å²) >= 11 is 4.36. The zero-order valence-corrected chi connectivity index (χ0v) is 13.2. The minimum Gasteiger partial charge on any atom is -0.493 e. The van der Waals surface area contributed by atoms with Crippen molar-refractivity contribution in [1.29, 1.82) is 0 Å². The van der Waals surface area contributed by atoms with Crippen LogP contribution in [-0.2, 0) is 5.41 Å². The normalized spacial score (nSPS) is 13.4. The van der Waals surface area contributed by atoms with E-state index in [0.717, 1.165) is 24.5 Å². The third-order valence-corrected chi connectivity index (χ3v) is 3.77. The molecule has 1 rings (SSSR count). The van der Waals surface area contributed by atoms with E-state index in [1.54, 1.807) is 0 Å². The average Bonchev–Trinajstić information content (AvgIpc) is 2.30. The van der Waals surface area contributed by atoms with Gasteiger partial charge in [-0.05, 0) is 36.1 Å². The van der Waals surface area contributed by atoms with Crippen LogP contribution in [0.2, 0.25) is 0 Å². The van der Waals surface area contributed by atoms with Crippen molar-refractivity contribution >= 4 is 12.6 Å². The molecule has 0 spiro atoms. The molecule has 0 heterocycles. The number of hydrogen-bond donors (Lipinski definition) is 1. The first-order chi connectivity index (χ1) is 8.38.